The van der Waals surface area contributed by atoms with Gasteiger partial charge >= 0.3 is 0 Å². The Kier molecular flexibility index (Phi) is 5.64. The molecule has 0 bridgehead atoms. The first kappa shape index (κ1) is 17.7. The van der Waals surface area contributed by atoms with E-state index in [-0.39, 0.29) is 19.0 Å². The molecule has 1 unspecified atom stereocenters. The number of sulfonamides is 1. The van der Waals surface area contributed by atoms with Crippen molar-refractivity contribution in [2.24, 2.45) is 0 Å². The molecule has 1 aromatic rings. The third-order valence-electron chi connectivity index (χ3n) is 3.87. The van der Waals surface area contributed by atoms with Gasteiger partial charge in [-0.15, -0.1) is 0 Å². The van der Waals surface area contributed by atoms with Gasteiger partial charge in [0.1, 0.15) is 6.10 Å². The molecule has 0 spiro atoms. The monoisotopic (exact) mass is 340 g/mol. The molecule has 0 aromatic heterocycles. The van der Waals surface area contributed by atoms with Gasteiger partial charge in [0.2, 0.25) is 15.9 Å². The topological polar surface area (TPSA) is 75.7 Å². The Morgan fingerprint density at radius 1 is 1.39 bits per heavy atom. The van der Waals surface area contributed by atoms with Crippen molar-refractivity contribution >= 4 is 21.6 Å². The standard InChI is InChI=1S/C16H24N2O4S/c1-12-6-7-13(2)14(11-12)18(23(3,20)21)9-8-17-16(19)15-5-4-10-22-15/h6-7,11,15H,4-5,8-10H2,1-3H3,(H,17,19). The van der Waals surface area contributed by atoms with E-state index >= 15 is 0 Å². The summed E-state index contributed by atoms with van der Waals surface area (Å²) in [6.07, 6.45) is 2.38. The zero-order valence-electron chi connectivity index (χ0n) is 13.8. The van der Waals surface area contributed by atoms with E-state index in [0.29, 0.717) is 12.3 Å². The Labute approximate surface area is 137 Å². The Bertz CT molecular complexity index is 667. The van der Waals surface area contributed by atoms with E-state index in [1.807, 2.05) is 32.0 Å². The van der Waals surface area contributed by atoms with E-state index in [1.165, 1.54) is 10.6 Å². The number of carbonyl (C=O) groups is 1. The fourth-order valence-electron chi connectivity index (χ4n) is 2.63. The molecule has 1 N–H and O–H groups in total. The van der Waals surface area contributed by atoms with Crippen LogP contribution in [0.1, 0.15) is 24.0 Å². The minimum absolute atomic E-state index is 0.170. The fraction of sp³-hybridized carbons (Fsp3) is 0.562. The predicted octanol–water partition coefficient (Wildman–Crippen LogP) is 1.36. The maximum Gasteiger partial charge on any atom is 0.249 e. The van der Waals surface area contributed by atoms with Gasteiger partial charge in [-0.25, -0.2) is 8.42 Å². The van der Waals surface area contributed by atoms with Gasteiger partial charge in [0.15, 0.2) is 0 Å². The molecule has 23 heavy (non-hydrogen) atoms. The molecule has 1 atom stereocenters. The first-order valence-electron chi connectivity index (χ1n) is 7.73. The van der Waals surface area contributed by atoms with Crippen molar-refractivity contribution in [2.75, 3.05) is 30.3 Å². The third kappa shape index (κ3) is 4.68. The van der Waals surface area contributed by atoms with Crippen LogP contribution in [-0.2, 0) is 19.6 Å². The molecule has 1 amide bonds. The lowest BCUT2D eigenvalue weighted by atomic mass is 10.1. The quantitative estimate of drug-likeness (QED) is 0.848. The van der Waals surface area contributed by atoms with Crippen LogP contribution in [-0.4, -0.2) is 46.4 Å². The van der Waals surface area contributed by atoms with Crippen LogP contribution in [0.2, 0.25) is 0 Å². The first-order valence-corrected chi connectivity index (χ1v) is 9.58. The maximum atomic E-state index is 12.1. The Balaban J connectivity index is 2.05. The highest BCUT2D eigenvalue weighted by Gasteiger charge is 2.24. The molecule has 1 fully saturated rings. The van der Waals surface area contributed by atoms with Gasteiger partial charge in [-0.2, -0.15) is 0 Å². The van der Waals surface area contributed by atoms with Crippen LogP contribution in [0.4, 0.5) is 5.69 Å². The highest BCUT2D eigenvalue weighted by molar-refractivity contribution is 7.92. The van der Waals surface area contributed by atoms with Crippen LogP contribution in [0, 0.1) is 13.8 Å². The maximum absolute atomic E-state index is 12.1. The van der Waals surface area contributed by atoms with Crippen molar-refractivity contribution in [3.8, 4) is 0 Å². The second-order valence-electron chi connectivity index (χ2n) is 5.92. The summed E-state index contributed by atoms with van der Waals surface area (Å²) in [6, 6.07) is 5.69. The van der Waals surface area contributed by atoms with Crippen LogP contribution in [0.3, 0.4) is 0 Å². The Morgan fingerprint density at radius 3 is 2.74 bits per heavy atom. The van der Waals surface area contributed by atoms with Gasteiger partial charge in [0.05, 0.1) is 18.5 Å². The van der Waals surface area contributed by atoms with Crippen molar-refractivity contribution < 1.29 is 17.9 Å². The number of benzene rings is 1. The van der Waals surface area contributed by atoms with Crippen molar-refractivity contribution in [2.45, 2.75) is 32.8 Å². The van der Waals surface area contributed by atoms with Crippen molar-refractivity contribution in [1.29, 1.82) is 0 Å². The molecule has 1 aliphatic heterocycles. The van der Waals surface area contributed by atoms with Gasteiger partial charge in [-0.1, -0.05) is 12.1 Å². The summed E-state index contributed by atoms with van der Waals surface area (Å²) in [5.74, 6) is -0.170. The smallest absolute Gasteiger partial charge is 0.249 e. The van der Waals surface area contributed by atoms with Crippen molar-refractivity contribution in [1.82, 2.24) is 5.32 Å². The first-order chi connectivity index (χ1) is 10.8. The average molecular weight is 340 g/mol. The lowest BCUT2D eigenvalue weighted by molar-refractivity contribution is -0.129. The second-order valence-corrected chi connectivity index (χ2v) is 7.82. The number of nitrogens with zero attached hydrogens (tertiary/aromatic N) is 1. The molecule has 1 heterocycles. The number of amides is 1. The van der Waals surface area contributed by atoms with E-state index in [2.05, 4.69) is 5.32 Å². The molecule has 1 aromatic carbocycles. The molecule has 128 valence electrons. The van der Waals surface area contributed by atoms with E-state index in [9.17, 15) is 13.2 Å². The van der Waals surface area contributed by atoms with Crippen molar-refractivity contribution in [3.05, 3.63) is 29.3 Å². The summed E-state index contributed by atoms with van der Waals surface area (Å²) in [4.78, 5) is 11.9. The van der Waals surface area contributed by atoms with E-state index < -0.39 is 16.1 Å². The van der Waals surface area contributed by atoms with E-state index in [1.54, 1.807) is 0 Å². The van der Waals surface area contributed by atoms with Gasteiger partial charge in [0.25, 0.3) is 0 Å². The van der Waals surface area contributed by atoms with Gasteiger partial charge in [0, 0.05) is 13.2 Å². The molecule has 0 saturated carbocycles. The average Bonchev–Trinajstić information content (AvgIpc) is 2.99. The SMILES string of the molecule is Cc1ccc(C)c(N(CCNC(=O)C2CCCO2)S(C)(=O)=O)c1. The number of carbonyl (C=O) groups excluding carboxylic acids is 1. The molecule has 0 radical (unpaired) electrons. The minimum Gasteiger partial charge on any atom is -0.368 e. The molecule has 1 saturated heterocycles. The Morgan fingerprint density at radius 2 is 2.13 bits per heavy atom. The lowest BCUT2D eigenvalue weighted by Crippen LogP contribution is -2.41. The third-order valence-corrected chi connectivity index (χ3v) is 5.05. The number of rotatable bonds is 6. The van der Waals surface area contributed by atoms with Crippen LogP contribution in [0.5, 0.6) is 0 Å². The largest absolute Gasteiger partial charge is 0.368 e. The molecule has 0 aliphatic carbocycles. The van der Waals surface area contributed by atoms with Crippen LogP contribution >= 0.6 is 0 Å². The molecule has 1 aliphatic rings. The molecule has 6 nitrogen and oxygen atoms in total. The van der Waals surface area contributed by atoms with Crippen LogP contribution in [0.15, 0.2) is 18.2 Å². The zero-order chi connectivity index (χ0) is 17.0. The zero-order valence-corrected chi connectivity index (χ0v) is 14.6. The van der Waals surface area contributed by atoms with Crippen molar-refractivity contribution in [3.63, 3.8) is 0 Å². The fourth-order valence-corrected chi connectivity index (χ4v) is 3.61. The lowest BCUT2D eigenvalue weighted by Gasteiger charge is -2.25. The number of nitrogens with one attached hydrogen (secondary N) is 1. The number of anilines is 1. The molecular weight excluding hydrogens is 316 g/mol. The van der Waals surface area contributed by atoms with Gasteiger partial charge in [-0.3, -0.25) is 9.10 Å². The number of aryl methyl sites for hydroxylation is 2. The second kappa shape index (κ2) is 7.31. The Hall–Kier alpha value is -1.60. The minimum atomic E-state index is -3.42. The molecule has 2 rings (SSSR count). The number of hydrogen-bond donors (Lipinski definition) is 1. The highest BCUT2D eigenvalue weighted by Crippen LogP contribution is 2.23. The summed E-state index contributed by atoms with van der Waals surface area (Å²) in [5.41, 5.74) is 2.52. The number of ether oxygens (including phenoxy) is 1. The summed E-state index contributed by atoms with van der Waals surface area (Å²) in [7, 11) is -3.42. The van der Waals surface area contributed by atoms with Crippen LogP contribution < -0.4 is 9.62 Å². The summed E-state index contributed by atoms with van der Waals surface area (Å²) in [6.45, 7) is 4.84. The van der Waals surface area contributed by atoms with Crippen LogP contribution in [0.25, 0.3) is 0 Å². The summed E-state index contributed by atoms with van der Waals surface area (Å²) in [5, 5.41) is 2.76. The number of hydrogen-bond acceptors (Lipinski definition) is 4. The predicted molar refractivity (Wildman–Crippen MR) is 90.1 cm³/mol. The summed E-state index contributed by atoms with van der Waals surface area (Å²) >= 11 is 0. The van der Waals surface area contributed by atoms with E-state index in [4.69, 9.17) is 4.74 Å². The summed E-state index contributed by atoms with van der Waals surface area (Å²) < 4.78 is 30.9. The van der Waals surface area contributed by atoms with E-state index in [0.717, 1.165) is 24.0 Å². The van der Waals surface area contributed by atoms with Gasteiger partial charge < -0.3 is 10.1 Å². The molecular formula is C16H24N2O4S. The van der Waals surface area contributed by atoms with Gasteiger partial charge in [-0.05, 0) is 43.9 Å². The highest BCUT2D eigenvalue weighted by atomic mass is 32.2. The molecule has 7 heteroatoms. The normalized spacial score (nSPS) is 18.0.